The van der Waals surface area contributed by atoms with Crippen molar-refractivity contribution in [3.63, 3.8) is 0 Å². The molecule has 0 saturated carbocycles. The van der Waals surface area contributed by atoms with Crippen LogP contribution in [0.15, 0.2) is 53.1 Å². The Balaban J connectivity index is 1.92. The number of methoxy groups -OCH3 is 1. The number of amides is 1. The Morgan fingerprint density at radius 2 is 2.00 bits per heavy atom. The average Bonchev–Trinajstić information content (AvgIpc) is 3.08. The number of nitro benzene ring substituents is 1. The molecule has 2 aromatic carbocycles. The number of anilines is 1. The fourth-order valence-electron chi connectivity index (χ4n) is 2.27. The molecule has 0 spiro atoms. The van der Waals surface area contributed by atoms with Crippen LogP contribution in [0.3, 0.4) is 0 Å². The number of nitrogens with one attached hydrogen (secondary N) is 2. The van der Waals surface area contributed by atoms with Crippen LogP contribution < -0.4 is 14.8 Å². The third kappa shape index (κ3) is 4.23. The Bertz CT molecular complexity index is 1000. The molecule has 9 nitrogen and oxygen atoms in total. The van der Waals surface area contributed by atoms with E-state index in [4.69, 9.17) is 9.47 Å². The number of benzene rings is 2. The summed E-state index contributed by atoms with van der Waals surface area (Å²) in [6.07, 6.45) is 1.43. The smallest absolute Gasteiger partial charge is 0.275 e. The first-order valence-electron chi connectivity index (χ1n) is 7.58. The number of aromatic nitrogens is 2. The monoisotopic (exact) mass is 432 g/mol. The maximum absolute atomic E-state index is 12.3. The molecule has 0 unspecified atom stereocenters. The summed E-state index contributed by atoms with van der Waals surface area (Å²) in [6.45, 7) is 0. The van der Waals surface area contributed by atoms with Crippen LogP contribution in [0.4, 0.5) is 11.4 Å². The van der Waals surface area contributed by atoms with Crippen molar-refractivity contribution >= 4 is 33.2 Å². The number of carbonyl (C=O) groups is 1. The predicted octanol–water partition coefficient (Wildman–Crippen LogP) is 4.13. The van der Waals surface area contributed by atoms with Crippen LogP contribution in [0, 0.1) is 10.1 Å². The maximum atomic E-state index is 12.3. The third-order valence-electron chi connectivity index (χ3n) is 3.48. The Hall–Kier alpha value is -3.40. The van der Waals surface area contributed by atoms with Gasteiger partial charge in [-0.05, 0) is 28.1 Å². The van der Waals surface area contributed by atoms with Crippen molar-refractivity contribution < 1.29 is 19.2 Å². The molecular formula is C17H13BrN4O5. The second-order valence-electron chi connectivity index (χ2n) is 5.27. The van der Waals surface area contributed by atoms with E-state index in [9.17, 15) is 14.9 Å². The minimum atomic E-state index is -0.573. The highest BCUT2D eigenvalue weighted by molar-refractivity contribution is 9.10. The number of H-pyrrole nitrogens is 1. The van der Waals surface area contributed by atoms with Gasteiger partial charge in [0.25, 0.3) is 11.6 Å². The van der Waals surface area contributed by atoms with Crippen molar-refractivity contribution in [1.29, 1.82) is 0 Å². The second-order valence-corrected chi connectivity index (χ2v) is 6.13. The molecule has 0 fully saturated rings. The number of rotatable bonds is 6. The lowest BCUT2D eigenvalue weighted by Gasteiger charge is -2.11. The van der Waals surface area contributed by atoms with Gasteiger partial charge in [0.15, 0.2) is 11.5 Å². The molecule has 0 aliphatic heterocycles. The first-order chi connectivity index (χ1) is 13.0. The van der Waals surface area contributed by atoms with Crippen molar-refractivity contribution in [3.8, 4) is 17.2 Å². The van der Waals surface area contributed by atoms with Crippen LogP contribution in [-0.4, -0.2) is 28.1 Å². The van der Waals surface area contributed by atoms with E-state index in [1.54, 1.807) is 24.3 Å². The van der Waals surface area contributed by atoms with Crippen LogP contribution in [0.25, 0.3) is 0 Å². The summed E-state index contributed by atoms with van der Waals surface area (Å²) in [6, 6.07) is 10.8. The van der Waals surface area contributed by atoms with Gasteiger partial charge in [-0.3, -0.25) is 20.0 Å². The number of halogens is 1. The van der Waals surface area contributed by atoms with Crippen molar-refractivity contribution in [1.82, 2.24) is 10.2 Å². The van der Waals surface area contributed by atoms with Gasteiger partial charge in [0, 0.05) is 12.1 Å². The van der Waals surface area contributed by atoms with E-state index in [-0.39, 0.29) is 22.8 Å². The van der Waals surface area contributed by atoms with E-state index in [0.29, 0.717) is 16.0 Å². The second kappa shape index (κ2) is 7.87. The van der Waals surface area contributed by atoms with Gasteiger partial charge >= 0.3 is 0 Å². The number of para-hydroxylation sites is 2. The first kappa shape index (κ1) is 18.4. The predicted molar refractivity (Wildman–Crippen MR) is 100 cm³/mol. The zero-order valence-electron chi connectivity index (χ0n) is 13.9. The molecule has 2 N–H and O–H groups in total. The first-order valence-corrected chi connectivity index (χ1v) is 8.38. The largest absolute Gasteiger partial charge is 0.493 e. The highest BCUT2D eigenvalue weighted by Gasteiger charge is 2.17. The molecule has 0 saturated heterocycles. The Morgan fingerprint density at radius 3 is 2.63 bits per heavy atom. The fourth-order valence-corrected chi connectivity index (χ4v) is 2.65. The van der Waals surface area contributed by atoms with Crippen molar-refractivity contribution in [3.05, 3.63) is 68.9 Å². The quantitative estimate of drug-likeness (QED) is 0.446. The van der Waals surface area contributed by atoms with Crippen molar-refractivity contribution in [2.45, 2.75) is 0 Å². The summed E-state index contributed by atoms with van der Waals surface area (Å²) in [4.78, 5) is 23.0. The van der Waals surface area contributed by atoms with Crippen LogP contribution in [0.1, 0.15) is 10.5 Å². The lowest BCUT2D eigenvalue weighted by atomic mass is 10.2. The van der Waals surface area contributed by atoms with Gasteiger partial charge in [-0.15, -0.1) is 0 Å². The van der Waals surface area contributed by atoms with E-state index in [1.807, 2.05) is 0 Å². The van der Waals surface area contributed by atoms with Crippen molar-refractivity contribution in [2.24, 2.45) is 0 Å². The topological polar surface area (TPSA) is 119 Å². The molecule has 3 rings (SSSR count). The van der Waals surface area contributed by atoms with Gasteiger partial charge < -0.3 is 14.8 Å². The maximum Gasteiger partial charge on any atom is 0.275 e. The highest BCUT2D eigenvalue weighted by atomic mass is 79.9. The van der Waals surface area contributed by atoms with E-state index in [1.165, 1.54) is 31.5 Å². The summed E-state index contributed by atoms with van der Waals surface area (Å²) >= 11 is 3.19. The Kier molecular flexibility index (Phi) is 5.36. The molecule has 1 aromatic heterocycles. The van der Waals surface area contributed by atoms with Crippen LogP contribution in [0.5, 0.6) is 17.2 Å². The zero-order valence-corrected chi connectivity index (χ0v) is 15.5. The zero-order chi connectivity index (χ0) is 19.4. The summed E-state index contributed by atoms with van der Waals surface area (Å²) in [5.74, 6) is 0.515. The number of ether oxygens (including phenoxy) is 2. The molecule has 0 atom stereocenters. The van der Waals surface area contributed by atoms with Gasteiger partial charge in [0.2, 0.25) is 0 Å². The molecule has 138 valence electrons. The van der Waals surface area contributed by atoms with Gasteiger partial charge in [-0.2, -0.15) is 5.10 Å². The standard InChI is InChI=1S/C17H13BrN4O5/c1-26-14-4-2-3-5-15(14)27-12-7-10(6-11(8-12)22(24)25)20-17(23)16-13(18)9-19-21-16/h2-9H,1H3,(H,19,21)(H,20,23). The van der Waals surface area contributed by atoms with E-state index in [2.05, 4.69) is 31.4 Å². The highest BCUT2D eigenvalue weighted by Crippen LogP contribution is 2.34. The molecule has 0 aliphatic rings. The number of non-ortho nitro benzene ring substituents is 1. The summed E-state index contributed by atoms with van der Waals surface area (Å²) in [5, 5.41) is 20.1. The molecule has 10 heteroatoms. The number of hydrogen-bond acceptors (Lipinski definition) is 6. The summed E-state index contributed by atoms with van der Waals surface area (Å²) < 4.78 is 11.4. The minimum Gasteiger partial charge on any atom is -0.493 e. The third-order valence-corrected chi connectivity index (χ3v) is 4.08. The number of nitro groups is 1. The number of nitrogens with zero attached hydrogens (tertiary/aromatic N) is 2. The lowest BCUT2D eigenvalue weighted by molar-refractivity contribution is -0.384. The molecule has 1 amide bonds. The van der Waals surface area contributed by atoms with Crippen LogP contribution in [-0.2, 0) is 0 Å². The van der Waals surface area contributed by atoms with E-state index >= 15 is 0 Å². The number of carbonyl (C=O) groups excluding carboxylic acids is 1. The molecular weight excluding hydrogens is 420 g/mol. The van der Waals surface area contributed by atoms with Gasteiger partial charge in [0.05, 0.1) is 34.5 Å². The lowest BCUT2D eigenvalue weighted by Crippen LogP contribution is -2.13. The van der Waals surface area contributed by atoms with Crippen LogP contribution in [0.2, 0.25) is 0 Å². The Morgan fingerprint density at radius 1 is 1.26 bits per heavy atom. The number of aromatic amines is 1. The number of hydrogen-bond donors (Lipinski definition) is 2. The summed E-state index contributed by atoms with van der Waals surface area (Å²) in [7, 11) is 1.49. The molecule has 27 heavy (non-hydrogen) atoms. The fraction of sp³-hybridized carbons (Fsp3) is 0.0588. The molecule has 0 aliphatic carbocycles. The summed E-state index contributed by atoms with van der Waals surface area (Å²) in [5.41, 5.74) is 0.149. The minimum absolute atomic E-state index is 0.174. The normalized spacial score (nSPS) is 10.3. The van der Waals surface area contributed by atoms with Crippen molar-refractivity contribution in [2.75, 3.05) is 12.4 Å². The van der Waals surface area contributed by atoms with Gasteiger partial charge in [-0.1, -0.05) is 12.1 Å². The average molecular weight is 433 g/mol. The molecule has 0 bridgehead atoms. The molecule has 1 heterocycles. The Labute approximate surface area is 161 Å². The SMILES string of the molecule is COc1ccccc1Oc1cc(NC(=O)c2[nH]ncc2Br)cc([N+](=O)[O-])c1. The van der Waals surface area contributed by atoms with E-state index in [0.717, 1.165) is 0 Å². The van der Waals surface area contributed by atoms with Gasteiger partial charge in [-0.25, -0.2) is 0 Å². The van der Waals surface area contributed by atoms with E-state index < -0.39 is 10.8 Å². The van der Waals surface area contributed by atoms with Gasteiger partial charge in [0.1, 0.15) is 11.4 Å². The molecule has 0 radical (unpaired) electrons. The van der Waals surface area contributed by atoms with Crippen LogP contribution >= 0.6 is 15.9 Å². The molecule has 3 aromatic rings.